The first-order valence-corrected chi connectivity index (χ1v) is 7.09. The van der Waals surface area contributed by atoms with E-state index in [-0.39, 0.29) is 6.04 Å². The van der Waals surface area contributed by atoms with Gasteiger partial charge in [-0.3, -0.25) is 0 Å². The fourth-order valence-corrected chi connectivity index (χ4v) is 2.53. The Morgan fingerprint density at radius 1 is 1.15 bits per heavy atom. The molecular weight excluding hydrogens is 270 g/mol. The predicted octanol–water partition coefficient (Wildman–Crippen LogP) is 3.89. The SMILES string of the molecule is COCCc1ccc(C(N)c2ccc(C)cc2Cl)cc1. The average molecular weight is 290 g/mol. The van der Waals surface area contributed by atoms with Gasteiger partial charge in [0.15, 0.2) is 0 Å². The largest absolute Gasteiger partial charge is 0.384 e. The van der Waals surface area contributed by atoms with Gasteiger partial charge in [0, 0.05) is 12.1 Å². The first kappa shape index (κ1) is 15.0. The van der Waals surface area contributed by atoms with Crippen molar-refractivity contribution in [1.82, 2.24) is 0 Å². The van der Waals surface area contributed by atoms with Crippen LogP contribution in [-0.2, 0) is 11.2 Å². The molecule has 20 heavy (non-hydrogen) atoms. The molecule has 0 heterocycles. The van der Waals surface area contributed by atoms with Crippen molar-refractivity contribution in [2.24, 2.45) is 5.73 Å². The number of aryl methyl sites for hydroxylation is 1. The van der Waals surface area contributed by atoms with Gasteiger partial charge >= 0.3 is 0 Å². The number of benzene rings is 2. The van der Waals surface area contributed by atoms with Gasteiger partial charge in [0.1, 0.15) is 0 Å². The lowest BCUT2D eigenvalue weighted by molar-refractivity contribution is 0.202. The molecule has 3 heteroatoms. The second kappa shape index (κ2) is 6.89. The first-order chi connectivity index (χ1) is 9.61. The highest BCUT2D eigenvalue weighted by molar-refractivity contribution is 6.31. The third kappa shape index (κ3) is 3.60. The Balaban J connectivity index is 2.18. The Morgan fingerprint density at radius 2 is 1.85 bits per heavy atom. The summed E-state index contributed by atoms with van der Waals surface area (Å²) in [5, 5.41) is 0.723. The van der Waals surface area contributed by atoms with Crippen LogP contribution in [0.5, 0.6) is 0 Å². The molecular formula is C17H20ClNO. The lowest BCUT2D eigenvalue weighted by atomic mass is 9.97. The summed E-state index contributed by atoms with van der Waals surface area (Å²) in [6, 6.07) is 14.1. The molecule has 106 valence electrons. The smallest absolute Gasteiger partial charge is 0.0566 e. The van der Waals surface area contributed by atoms with Crippen molar-refractivity contribution in [3.05, 3.63) is 69.7 Å². The summed E-state index contributed by atoms with van der Waals surface area (Å²) in [6.07, 6.45) is 0.914. The van der Waals surface area contributed by atoms with Crippen molar-refractivity contribution >= 4 is 11.6 Å². The van der Waals surface area contributed by atoms with E-state index in [4.69, 9.17) is 22.1 Å². The summed E-state index contributed by atoms with van der Waals surface area (Å²) in [4.78, 5) is 0. The lowest BCUT2D eigenvalue weighted by Gasteiger charge is -2.15. The fourth-order valence-electron chi connectivity index (χ4n) is 2.18. The van der Waals surface area contributed by atoms with E-state index in [0.717, 1.165) is 34.7 Å². The van der Waals surface area contributed by atoms with Gasteiger partial charge in [-0.1, -0.05) is 48.0 Å². The van der Waals surface area contributed by atoms with Crippen molar-refractivity contribution in [3.63, 3.8) is 0 Å². The quantitative estimate of drug-likeness (QED) is 0.906. The van der Waals surface area contributed by atoms with Crippen molar-refractivity contribution in [1.29, 1.82) is 0 Å². The van der Waals surface area contributed by atoms with E-state index >= 15 is 0 Å². The van der Waals surface area contributed by atoms with Crippen molar-refractivity contribution in [2.75, 3.05) is 13.7 Å². The summed E-state index contributed by atoms with van der Waals surface area (Å²) < 4.78 is 5.08. The number of hydrogen-bond acceptors (Lipinski definition) is 2. The number of nitrogens with two attached hydrogens (primary N) is 1. The minimum absolute atomic E-state index is 0.195. The molecule has 0 spiro atoms. The standard InChI is InChI=1S/C17H20ClNO/c1-12-3-8-15(16(18)11-12)17(19)14-6-4-13(5-7-14)9-10-20-2/h3-8,11,17H,9-10,19H2,1-2H3. The monoisotopic (exact) mass is 289 g/mol. The molecule has 0 radical (unpaired) electrons. The Labute approximate surface area is 125 Å². The van der Waals surface area contributed by atoms with Crippen LogP contribution in [0.2, 0.25) is 5.02 Å². The Kier molecular flexibility index (Phi) is 5.18. The number of halogens is 1. The topological polar surface area (TPSA) is 35.2 Å². The van der Waals surface area contributed by atoms with Crippen LogP contribution in [0.3, 0.4) is 0 Å². The Morgan fingerprint density at radius 3 is 2.45 bits per heavy atom. The van der Waals surface area contributed by atoms with Gasteiger partial charge < -0.3 is 10.5 Å². The van der Waals surface area contributed by atoms with Gasteiger partial charge in [0.05, 0.1) is 12.6 Å². The molecule has 2 rings (SSSR count). The summed E-state index contributed by atoms with van der Waals surface area (Å²) >= 11 is 6.28. The van der Waals surface area contributed by atoms with Crippen LogP contribution in [0.1, 0.15) is 28.3 Å². The van der Waals surface area contributed by atoms with Gasteiger partial charge in [0.25, 0.3) is 0 Å². The molecule has 0 aromatic heterocycles. The van der Waals surface area contributed by atoms with Crippen LogP contribution in [0.4, 0.5) is 0 Å². The fraction of sp³-hybridized carbons (Fsp3) is 0.294. The molecule has 0 saturated heterocycles. The zero-order valence-corrected chi connectivity index (χ0v) is 12.7. The molecule has 2 N–H and O–H groups in total. The minimum atomic E-state index is -0.195. The molecule has 0 amide bonds. The summed E-state index contributed by atoms with van der Waals surface area (Å²) in [5.74, 6) is 0. The average Bonchev–Trinajstić information content (AvgIpc) is 2.45. The number of rotatable bonds is 5. The van der Waals surface area contributed by atoms with E-state index in [1.807, 2.05) is 25.1 Å². The second-order valence-electron chi connectivity index (χ2n) is 4.99. The highest BCUT2D eigenvalue weighted by Gasteiger charge is 2.12. The summed E-state index contributed by atoms with van der Waals surface area (Å²) in [6.45, 7) is 2.75. The number of hydrogen-bond donors (Lipinski definition) is 1. The predicted molar refractivity (Wildman–Crippen MR) is 84.2 cm³/mol. The van der Waals surface area contributed by atoms with E-state index in [2.05, 4.69) is 24.3 Å². The molecule has 0 bridgehead atoms. The van der Waals surface area contributed by atoms with Crippen LogP contribution in [0, 0.1) is 6.92 Å². The van der Waals surface area contributed by atoms with E-state index < -0.39 is 0 Å². The zero-order chi connectivity index (χ0) is 14.5. The third-order valence-corrected chi connectivity index (χ3v) is 3.75. The maximum Gasteiger partial charge on any atom is 0.0566 e. The van der Waals surface area contributed by atoms with Gasteiger partial charge in [-0.25, -0.2) is 0 Å². The molecule has 2 nitrogen and oxygen atoms in total. The Bertz CT molecular complexity index is 566. The summed E-state index contributed by atoms with van der Waals surface area (Å²) in [5.41, 5.74) is 10.7. The van der Waals surface area contributed by atoms with Gasteiger partial charge in [-0.15, -0.1) is 0 Å². The number of methoxy groups -OCH3 is 1. The molecule has 0 fully saturated rings. The number of ether oxygens (including phenoxy) is 1. The van der Waals surface area contributed by atoms with Crippen LogP contribution < -0.4 is 5.73 Å². The second-order valence-corrected chi connectivity index (χ2v) is 5.39. The van der Waals surface area contributed by atoms with Gasteiger partial charge in [-0.05, 0) is 41.7 Å². The van der Waals surface area contributed by atoms with Crippen LogP contribution in [0.25, 0.3) is 0 Å². The van der Waals surface area contributed by atoms with Crippen molar-refractivity contribution < 1.29 is 4.74 Å². The highest BCUT2D eigenvalue weighted by Crippen LogP contribution is 2.27. The van der Waals surface area contributed by atoms with Crippen molar-refractivity contribution in [2.45, 2.75) is 19.4 Å². The van der Waals surface area contributed by atoms with Gasteiger partial charge in [-0.2, -0.15) is 0 Å². The van der Waals surface area contributed by atoms with Crippen molar-refractivity contribution in [3.8, 4) is 0 Å². The van der Waals surface area contributed by atoms with Crippen LogP contribution >= 0.6 is 11.6 Å². The molecule has 0 aliphatic rings. The zero-order valence-electron chi connectivity index (χ0n) is 11.9. The molecule has 2 aromatic rings. The van der Waals surface area contributed by atoms with Crippen LogP contribution in [-0.4, -0.2) is 13.7 Å². The molecule has 0 aliphatic heterocycles. The lowest BCUT2D eigenvalue weighted by Crippen LogP contribution is -2.12. The maximum absolute atomic E-state index is 6.31. The van der Waals surface area contributed by atoms with E-state index in [0.29, 0.717) is 0 Å². The van der Waals surface area contributed by atoms with Crippen LogP contribution in [0.15, 0.2) is 42.5 Å². The molecule has 1 atom stereocenters. The maximum atomic E-state index is 6.31. The van der Waals surface area contributed by atoms with E-state index in [9.17, 15) is 0 Å². The first-order valence-electron chi connectivity index (χ1n) is 6.71. The summed E-state index contributed by atoms with van der Waals surface area (Å²) in [7, 11) is 1.71. The van der Waals surface area contributed by atoms with Gasteiger partial charge in [0.2, 0.25) is 0 Å². The third-order valence-electron chi connectivity index (χ3n) is 3.42. The van der Waals surface area contributed by atoms with E-state index in [1.54, 1.807) is 7.11 Å². The van der Waals surface area contributed by atoms with E-state index in [1.165, 1.54) is 5.56 Å². The molecule has 2 aromatic carbocycles. The highest BCUT2D eigenvalue weighted by atomic mass is 35.5. The molecule has 0 saturated carbocycles. The Hall–Kier alpha value is -1.35. The minimum Gasteiger partial charge on any atom is -0.384 e. The normalized spacial score (nSPS) is 12.4. The molecule has 0 aliphatic carbocycles. The molecule has 1 unspecified atom stereocenters.